The molecule has 3 fully saturated rings. The second-order valence-electron chi connectivity index (χ2n) is 7.45. The molecule has 25 heavy (non-hydrogen) atoms. The molecule has 0 radical (unpaired) electrons. The number of hydrogen-bond acceptors (Lipinski definition) is 3. The van der Waals surface area contributed by atoms with Crippen molar-refractivity contribution in [2.24, 2.45) is 22.7 Å². The van der Waals surface area contributed by atoms with E-state index in [9.17, 15) is 4.79 Å². The first-order valence-corrected chi connectivity index (χ1v) is 9.60. The quantitative estimate of drug-likeness (QED) is 0.373. The molecule has 0 aromatic heterocycles. The predicted molar refractivity (Wildman–Crippen MR) is 110 cm³/mol. The third-order valence-electron chi connectivity index (χ3n) is 5.74. The Morgan fingerprint density at radius 2 is 1.84 bits per heavy atom. The van der Waals surface area contributed by atoms with Crippen LogP contribution >= 0.6 is 24.0 Å². The Hall–Kier alpha value is -0.730. The van der Waals surface area contributed by atoms with E-state index in [0.29, 0.717) is 12.5 Å². The monoisotopic (exact) mass is 464 g/mol. The predicted octanol–water partition coefficient (Wildman–Crippen LogP) is 2.83. The van der Waals surface area contributed by atoms with Crippen molar-refractivity contribution >= 4 is 36.0 Å². The van der Waals surface area contributed by atoms with Gasteiger partial charge in [-0.2, -0.15) is 0 Å². The minimum atomic E-state index is -0.307. The molecule has 2 saturated carbocycles. The van der Waals surface area contributed by atoms with Crippen molar-refractivity contribution in [3.05, 3.63) is 0 Å². The number of halogens is 1. The number of amides is 1. The van der Waals surface area contributed by atoms with Gasteiger partial charge in [-0.15, -0.1) is 24.0 Å². The fourth-order valence-electron chi connectivity index (χ4n) is 4.27. The smallest absolute Gasteiger partial charge is 0.407 e. The van der Waals surface area contributed by atoms with E-state index < -0.39 is 0 Å². The van der Waals surface area contributed by atoms with E-state index in [1.54, 1.807) is 0 Å². The van der Waals surface area contributed by atoms with Crippen molar-refractivity contribution in [1.82, 2.24) is 15.5 Å². The molecule has 2 aliphatic carbocycles. The van der Waals surface area contributed by atoms with Gasteiger partial charge < -0.3 is 20.3 Å². The molecule has 1 heterocycles. The Labute approximate surface area is 168 Å². The normalized spacial score (nSPS) is 27.1. The number of rotatable bonds is 5. The largest absolute Gasteiger partial charge is 0.450 e. The molecule has 144 valence electrons. The SMILES string of the molecule is CCOC(=O)NC(CNC(=NC)N1CC2CCCCC2C1)C1CC1.I. The van der Waals surface area contributed by atoms with Gasteiger partial charge in [0.25, 0.3) is 0 Å². The maximum absolute atomic E-state index is 11.7. The summed E-state index contributed by atoms with van der Waals surface area (Å²) in [6.07, 6.45) is 7.57. The van der Waals surface area contributed by atoms with Crippen LogP contribution in [-0.2, 0) is 4.74 Å². The van der Waals surface area contributed by atoms with Crippen molar-refractivity contribution in [2.45, 2.75) is 51.5 Å². The average Bonchev–Trinajstić information content (AvgIpc) is 3.33. The molecule has 0 aromatic carbocycles. The number of hydrogen-bond donors (Lipinski definition) is 2. The van der Waals surface area contributed by atoms with Gasteiger partial charge in [0.15, 0.2) is 5.96 Å². The van der Waals surface area contributed by atoms with Gasteiger partial charge in [-0.25, -0.2) is 4.79 Å². The topological polar surface area (TPSA) is 66.0 Å². The molecule has 0 spiro atoms. The van der Waals surface area contributed by atoms with Crippen molar-refractivity contribution in [3.8, 4) is 0 Å². The van der Waals surface area contributed by atoms with Gasteiger partial charge in [0.2, 0.25) is 0 Å². The number of alkyl carbamates (subject to hydrolysis) is 1. The van der Waals surface area contributed by atoms with Gasteiger partial charge in [0, 0.05) is 26.7 Å². The maximum atomic E-state index is 11.7. The van der Waals surface area contributed by atoms with Gasteiger partial charge in [-0.3, -0.25) is 4.99 Å². The number of aliphatic imine (C=N–C) groups is 1. The molecule has 3 aliphatic rings. The minimum absolute atomic E-state index is 0. The van der Waals surface area contributed by atoms with Crippen molar-refractivity contribution in [2.75, 3.05) is 33.3 Å². The molecule has 7 heteroatoms. The zero-order valence-corrected chi connectivity index (χ0v) is 17.8. The number of ether oxygens (including phenoxy) is 1. The Bertz CT molecular complexity index is 456. The van der Waals surface area contributed by atoms with Crippen molar-refractivity contribution in [3.63, 3.8) is 0 Å². The lowest BCUT2D eigenvalue weighted by Crippen LogP contribution is -2.49. The maximum Gasteiger partial charge on any atom is 0.407 e. The highest BCUT2D eigenvalue weighted by atomic mass is 127. The summed E-state index contributed by atoms with van der Waals surface area (Å²) in [5.41, 5.74) is 0. The molecule has 1 aliphatic heterocycles. The Kier molecular flexibility index (Phi) is 8.09. The van der Waals surface area contributed by atoms with E-state index in [4.69, 9.17) is 4.74 Å². The van der Waals surface area contributed by atoms with E-state index in [-0.39, 0.29) is 36.1 Å². The highest BCUT2D eigenvalue weighted by Gasteiger charge is 2.37. The summed E-state index contributed by atoms with van der Waals surface area (Å²) in [6.45, 7) is 5.23. The van der Waals surface area contributed by atoms with Crippen LogP contribution in [-0.4, -0.2) is 56.3 Å². The lowest BCUT2D eigenvalue weighted by Gasteiger charge is -2.25. The van der Waals surface area contributed by atoms with Crippen LogP contribution in [0.2, 0.25) is 0 Å². The van der Waals surface area contributed by atoms with Crippen molar-refractivity contribution in [1.29, 1.82) is 0 Å². The molecule has 3 rings (SSSR count). The molecule has 0 bridgehead atoms. The van der Waals surface area contributed by atoms with Gasteiger partial charge >= 0.3 is 6.09 Å². The first kappa shape index (κ1) is 20.6. The Balaban J connectivity index is 0.00000225. The van der Waals surface area contributed by atoms with E-state index in [0.717, 1.165) is 37.4 Å². The summed E-state index contributed by atoms with van der Waals surface area (Å²) in [7, 11) is 1.86. The number of fused-ring (bicyclic) bond motifs is 1. The number of guanidine groups is 1. The summed E-state index contributed by atoms with van der Waals surface area (Å²) < 4.78 is 5.03. The molecule has 1 saturated heterocycles. The molecular weight excluding hydrogens is 431 g/mol. The fraction of sp³-hybridized carbons (Fsp3) is 0.889. The number of nitrogens with one attached hydrogen (secondary N) is 2. The van der Waals surface area contributed by atoms with E-state index >= 15 is 0 Å². The first-order valence-electron chi connectivity index (χ1n) is 9.60. The van der Waals surface area contributed by atoms with Crippen LogP contribution in [0.25, 0.3) is 0 Å². The molecule has 1 amide bonds. The number of nitrogens with zero attached hydrogens (tertiary/aromatic N) is 2. The zero-order valence-electron chi connectivity index (χ0n) is 15.5. The highest BCUT2D eigenvalue weighted by Crippen LogP contribution is 2.36. The van der Waals surface area contributed by atoms with Crippen LogP contribution in [0, 0.1) is 17.8 Å². The summed E-state index contributed by atoms with van der Waals surface area (Å²) in [5.74, 6) is 3.24. The fourth-order valence-corrected chi connectivity index (χ4v) is 4.27. The van der Waals surface area contributed by atoms with E-state index in [1.165, 1.54) is 38.5 Å². The molecule has 2 N–H and O–H groups in total. The lowest BCUT2D eigenvalue weighted by atomic mass is 9.82. The zero-order chi connectivity index (χ0) is 16.9. The molecule has 3 unspecified atom stereocenters. The second-order valence-corrected chi connectivity index (χ2v) is 7.45. The van der Waals surface area contributed by atoms with Gasteiger partial charge in [0.1, 0.15) is 0 Å². The molecule has 0 aromatic rings. The summed E-state index contributed by atoms with van der Waals surface area (Å²) in [5, 5.41) is 6.50. The molecular formula is C18H33IN4O2. The van der Waals surface area contributed by atoms with Crippen LogP contribution in [0.15, 0.2) is 4.99 Å². The van der Waals surface area contributed by atoms with Crippen molar-refractivity contribution < 1.29 is 9.53 Å². The summed E-state index contributed by atoms with van der Waals surface area (Å²) >= 11 is 0. The van der Waals surface area contributed by atoms with Crippen LogP contribution in [0.5, 0.6) is 0 Å². The Morgan fingerprint density at radius 3 is 2.36 bits per heavy atom. The third-order valence-corrected chi connectivity index (χ3v) is 5.74. The number of carbonyl (C=O) groups is 1. The second kappa shape index (κ2) is 9.83. The van der Waals surface area contributed by atoms with Crippen LogP contribution in [0.3, 0.4) is 0 Å². The van der Waals surface area contributed by atoms with Gasteiger partial charge in [-0.05, 0) is 50.4 Å². The van der Waals surface area contributed by atoms with Crippen LogP contribution < -0.4 is 10.6 Å². The van der Waals surface area contributed by atoms with Crippen LogP contribution in [0.4, 0.5) is 4.79 Å². The average molecular weight is 464 g/mol. The lowest BCUT2D eigenvalue weighted by molar-refractivity contribution is 0.146. The first-order chi connectivity index (χ1) is 11.7. The van der Waals surface area contributed by atoms with Gasteiger partial charge in [-0.1, -0.05) is 12.8 Å². The summed E-state index contributed by atoms with van der Waals surface area (Å²) in [6, 6.07) is 0.130. The van der Waals surface area contributed by atoms with E-state index in [2.05, 4.69) is 20.5 Å². The number of likely N-dealkylation sites (tertiary alicyclic amines) is 1. The van der Waals surface area contributed by atoms with Gasteiger partial charge in [0.05, 0.1) is 12.6 Å². The summed E-state index contributed by atoms with van der Waals surface area (Å²) in [4.78, 5) is 18.6. The minimum Gasteiger partial charge on any atom is -0.450 e. The van der Waals surface area contributed by atoms with E-state index in [1.807, 2.05) is 14.0 Å². The Morgan fingerprint density at radius 1 is 1.20 bits per heavy atom. The standard InChI is InChI=1S/C18H32N4O2.HI/c1-3-24-18(23)21-16(13-8-9-13)10-20-17(19-2)22-11-14-6-4-5-7-15(14)12-22;/h13-16H,3-12H2,1-2H3,(H,19,20)(H,21,23);1H. The highest BCUT2D eigenvalue weighted by molar-refractivity contribution is 14.0. The number of carbonyl (C=O) groups excluding carboxylic acids is 1. The van der Waals surface area contributed by atoms with Crippen LogP contribution in [0.1, 0.15) is 45.4 Å². The molecule has 6 nitrogen and oxygen atoms in total. The molecule has 3 atom stereocenters. The third kappa shape index (κ3) is 5.62.